The lowest BCUT2D eigenvalue weighted by atomic mass is 9.78. The Balaban J connectivity index is 0. The third-order valence-corrected chi connectivity index (χ3v) is 3.87. The molecule has 18 heavy (non-hydrogen) atoms. The Morgan fingerprint density at radius 2 is 1.72 bits per heavy atom. The second-order valence-electron chi connectivity index (χ2n) is 5.08. The zero-order chi connectivity index (χ0) is 14.0. The molecule has 108 valence electrons. The van der Waals surface area contributed by atoms with Gasteiger partial charge in [0.05, 0.1) is 11.2 Å². The van der Waals surface area contributed by atoms with Crippen molar-refractivity contribution in [1.82, 2.24) is 6.15 Å². The predicted octanol–water partition coefficient (Wildman–Crippen LogP) is 1.14. The summed E-state index contributed by atoms with van der Waals surface area (Å²) >= 11 is 0. The molecule has 7 heteroatoms. The highest BCUT2D eigenvalue weighted by atomic mass is 32.2. The van der Waals surface area contributed by atoms with Gasteiger partial charge in [-0.15, -0.1) is 0 Å². The first kappa shape index (κ1) is 19.4. The van der Waals surface area contributed by atoms with Crippen molar-refractivity contribution in [2.45, 2.75) is 46.3 Å². The molecule has 0 aliphatic rings. The first-order valence-corrected chi connectivity index (χ1v) is 6.75. The summed E-state index contributed by atoms with van der Waals surface area (Å²) in [5.74, 6) is -1.31. The lowest BCUT2D eigenvalue weighted by molar-refractivity contribution is -0.300. The number of aliphatic carboxylic acids is 1. The fourth-order valence-corrected chi connectivity index (χ4v) is 2.71. The fraction of sp³-hybridized carbons (Fsp3) is 0.727. The minimum atomic E-state index is -4.16. The predicted molar refractivity (Wildman–Crippen MR) is 68.8 cm³/mol. The lowest BCUT2D eigenvalue weighted by Gasteiger charge is -2.32. The molecule has 0 amide bonds. The Morgan fingerprint density at radius 1 is 1.33 bits per heavy atom. The van der Waals surface area contributed by atoms with E-state index in [1.807, 2.05) is 0 Å². The zero-order valence-corrected chi connectivity index (χ0v) is 12.6. The van der Waals surface area contributed by atoms with Crippen LogP contribution in [0, 0.1) is 5.41 Å². The second kappa shape index (κ2) is 6.31. The van der Waals surface area contributed by atoms with Crippen molar-refractivity contribution >= 4 is 16.1 Å². The normalized spacial score (nSPS) is 13.4. The van der Waals surface area contributed by atoms with Gasteiger partial charge in [-0.25, -0.2) is 0 Å². The van der Waals surface area contributed by atoms with Crippen molar-refractivity contribution in [3.63, 3.8) is 0 Å². The van der Waals surface area contributed by atoms with E-state index in [-0.39, 0.29) is 18.1 Å². The van der Waals surface area contributed by atoms with Crippen molar-refractivity contribution in [2.24, 2.45) is 5.41 Å². The van der Waals surface area contributed by atoms with Crippen LogP contribution in [0.1, 0.15) is 41.0 Å². The van der Waals surface area contributed by atoms with Crippen molar-refractivity contribution in [2.75, 3.05) is 0 Å². The van der Waals surface area contributed by atoms with Gasteiger partial charge in [0.2, 0.25) is 0 Å². The Hall–Kier alpha value is -0.920. The van der Waals surface area contributed by atoms with Gasteiger partial charge in [-0.2, -0.15) is 8.42 Å². The maximum absolute atomic E-state index is 11.0. The standard InChI is InChI=1S/C11H20O5S.H3N/c1-7(2)9(10(12)13)11(4,5)6-8(3)17(14,15)16;/h8H,6H2,1-5H3,(H,12,13)(H,14,15,16);1H3. The van der Waals surface area contributed by atoms with Gasteiger partial charge >= 0.3 is 0 Å². The van der Waals surface area contributed by atoms with Crippen LogP contribution in [0.15, 0.2) is 11.1 Å². The van der Waals surface area contributed by atoms with Gasteiger partial charge in [-0.1, -0.05) is 19.4 Å². The van der Waals surface area contributed by atoms with E-state index in [9.17, 15) is 18.3 Å². The van der Waals surface area contributed by atoms with Gasteiger partial charge < -0.3 is 16.1 Å². The van der Waals surface area contributed by atoms with Crippen LogP contribution in [0.2, 0.25) is 0 Å². The van der Waals surface area contributed by atoms with Crippen LogP contribution in [-0.4, -0.2) is 24.2 Å². The highest BCUT2D eigenvalue weighted by Crippen LogP contribution is 2.34. The number of carbonyl (C=O) groups is 1. The lowest BCUT2D eigenvalue weighted by Crippen LogP contribution is -2.36. The van der Waals surface area contributed by atoms with Crippen LogP contribution < -0.4 is 11.3 Å². The molecule has 6 nitrogen and oxygen atoms in total. The minimum Gasteiger partial charge on any atom is -0.545 e. The van der Waals surface area contributed by atoms with E-state index < -0.39 is 26.8 Å². The maximum Gasteiger partial charge on any atom is 0.267 e. The molecule has 0 saturated heterocycles. The molecule has 0 aliphatic heterocycles. The Kier molecular flexibility index (Phi) is 6.80. The molecule has 0 radical (unpaired) electrons. The molecule has 0 rings (SSSR count). The number of quaternary nitrogens is 1. The van der Waals surface area contributed by atoms with Gasteiger partial charge in [-0.3, -0.25) is 4.55 Å². The van der Waals surface area contributed by atoms with E-state index in [0.717, 1.165) is 0 Å². The second-order valence-corrected chi connectivity index (χ2v) is 6.91. The number of allylic oxidation sites excluding steroid dienone is 1. The van der Waals surface area contributed by atoms with Crippen LogP contribution in [0.3, 0.4) is 0 Å². The molecule has 0 spiro atoms. The molecule has 1 unspecified atom stereocenters. The van der Waals surface area contributed by atoms with Gasteiger partial charge in [0.1, 0.15) is 0 Å². The number of hydrogen-bond acceptors (Lipinski definition) is 4. The monoisotopic (exact) mass is 281 g/mol. The Morgan fingerprint density at radius 3 is 1.94 bits per heavy atom. The average Bonchev–Trinajstić information content (AvgIpc) is 1.97. The topological polar surface area (TPSA) is 131 Å². The third kappa shape index (κ3) is 5.16. The number of hydrogen-bond donors (Lipinski definition) is 2. The Labute approximate surface area is 108 Å². The van der Waals surface area contributed by atoms with Gasteiger partial charge in [0.25, 0.3) is 10.1 Å². The van der Waals surface area contributed by atoms with Gasteiger partial charge in [0, 0.05) is 0 Å². The first-order chi connectivity index (χ1) is 7.39. The largest absolute Gasteiger partial charge is 0.545 e. The van der Waals surface area contributed by atoms with E-state index in [1.165, 1.54) is 6.92 Å². The number of rotatable bonds is 5. The van der Waals surface area contributed by atoms with Crippen LogP contribution in [0.4, 0.5) is 0 Å². The molecule has 0 aromatic carbocycles. The van der Waals surface area contributed by atoms with E-state index in [1.54, 1.807) is 27.7 Å². The summed E-state index contributed by atoms with van der Waals surface area (Å²) in [6, 6.07) is 0. The Bertz CT molecular complexity index is 432. The quantitative estimate of drug-likeness (QED) is 0.576. The molecule has 1 atom stereocenters. The number of carbonyl (C=O) groups excluding carboxylic acids is 1. The average molecular weight is 281 g/mol. The summed E-state index contributed by atoms with van der Waals surface area (Å²) < 4.78 is 30.8. The summed E-state index contributed by atoms with van der Waals surface area (Å²) in [4.78, 5) is 11.0. The molecule has 0 aliphatic carbocycles. The highest BCUT2D eigenvalue weighted by molar-refractivity contribution is 7.86. The summed E-state index contributed by atoms with van der Waals surface area (Å²) in [6.07, 6.45) is 0.0142. The van der Waals surface area contributed by atoms with E-state index in [4.69, 9.17) is 4.55 Å². The van der Waals surface area contributed by atoms with E-state index in [2.05, 4.69) is 0 Å². The van der Waals surface area contributed by atoms with E-state index in [0.29, 0.717) is 5.57 Å². The molecular weight excluding hydrogens is 258 g/mol. The number of carboxylic acid groups (broad SMARTS) is 1. The molecule has 0 bridgehead atoms. The SMILES string of the molecule is CC(C)=C(C(=O)[O-])C(C)(C)CC(C)S(=O)(=O)O.[NH4+]. The summed E-state index contributed by atoms with van der Waals surface area (Å²) in [6.45, 7) is 7.84. The van der Waals surface area contributed by atoms with Crippen molar-refractivity contribution < 1.29 is 22.9 Å². The summed E-state index contributed by atoms with van der Waals surface area (Å²) in [7, 11) is -4.16. The highest BCUT2D eigenvalue weighted by Gasteiger charge is 2.31. The summed E-state index contributed by atoms with van der Waals surface area (Å²) in [5, 5.41) is 10.0. The van der Waals surface area contributed by atoms with Gasteiger partial charge in [-0.05, 0) is 38.2 Å². The molecule has 0 fully saturated rings. The van der Waals surface area contributed by atoms with Crippen molar-refractivity contribution in [3.05, 3.63) is 11.1 Å². The molecule has 0 saturated carbocycles. The number of carboxylic acids is 1. The van der Waals surface area contributed by atoms with Crippen LogP contribution >= 0.6 is 0 Å². The smallest absolute Gasteiger partial charge is 0.267 e. The summed E-state index contributed by atoms with van der Waals surface area (Å²) in [5.41, 5.74) is -0.238. The van der Waals surface area contributed by atoms with E-state index >= 15 is 0 Å². The molecular formula is C11H23NO5S. The molecule has 0 aromatic heterocycles. The molecule has 0 heterocycles. The molecule has 5 N–H and O–H groups in total. The fourth-order valence-electron chi connectivity index (χ4n) is 2.08. The minimum absolute atomic E-state index is 0. The zero-order valence-electron chi connectivity index (χ0n) is 11.8. The van der Waals surface area contributed by atoms with Crippen molar-refractivity contribution in [3.8, 4) is 0 Å². The van der Waals surface area contributed by atoms with Crippen LogP contribution in [-0.2, 0) is 14.9 Å². The first-order valence-electron chi connectivity index (χ1n) is 5.25. The maximum atomic E-state index is 11.0. The van der Waals surface area contributed by atoms with Crippen LogP contribution in [0.5, 0.6) is 0 Å². The van der Waals surface area contributed by atoms with Crippen molar-refractivity contribution in [1.29, 1.82) is 0 Å². The van der Waals surface area contributed by atoms with Gasteiger partial charge in [0.15, 0.2) is 0 Å². The molecule has 0 aromatic rings. The third-order valence-electron chi connectivity index (χ3n) is 2.69. The van der Waals surface area contributed by atoms with Crippen LogP contribution in [0.25, 0.3) is 0 Å².